The van der Waals surface area contributed by atoms with Crippen LogP contribution >= 0.6 is 0 Å². The molecular formula is C8H16N2O3. The highest BCUT2D eigenvalue weighted by atomic mass is 16.6. The van der Waals surface area contributed by atoms with Crippen molar-refractivity contribution in [2.24, 2.45) is 0 Å². The normalized spacial score (nSPS) is 18.9. The lowest BCUT2D eigenvalue weighted by molar-refractivity contribution is 0.137. The molecule has 1 atom stereocenters. The summed E-state index contributed by atoms with van der Waals surface area (Å²) in [6.45, 7) is 2.42. The van der Waals surface area contributed by atoms with Gasteiger partial charge in [0.25, 0.3) is 0 Å². The molecule has 1 aliphatic rings. The summed E-state index contributed by atoms with van der Waals surface area (Å²) in [5, 5.41) is 3.08. The molecule has 0 bridgehead atoms. The molecule has 76 valence electrons. The molecule has 0 saturated carbocycles. The van der Waals surface area contributed by atoms with Crippen molar-refractivity contribution < 1.29 is 14.3 Å². The third kappa shape index (κ3) is 2.86. The quantitative estimate of drug-likeness (QED) is 0.642. The molecular weight excluding hydrogens is 172 g/mol. The Kier molecular flexibility index (Phi) is 3.98. The van der Waals surface area contributed by atoms with E-state index in [0.717, 1.165) is 0 Å². The van der Waals surface area contributed by atoms with E-state index in [4.69, 9.17) is 9.47 Å². The number of hydrogen-bond donors (Lipinski definition) is 1. The zero-order valence-corrected chi connectivity index (χ0v) is 8.08. The number of carbonyl (C=O) groups excluding carboxylic acids is 1. The van der Waals surface area contributed by atoms with Crippen molar-refractivity contribution >= 4 is 6.09 Å². The summed E-state index contributed by atoms with van der Waals surface area (Å²) in [4.78, 5) is 12.7. The predicted octanol–water partition coefficient (Wildman–Crippen LogP) is -0.327. The molecule has 0 aromatic heterocycles. The second-order valence-corrected chi connectivity index (χ2v) is 3.00. The van der Waals surface area contributed by atoms with Crippen LogP contribution in [0.25, 0.3) is 0 Å². The Bertz CT molecular complexity index is 175. The molecule has 0 aromatic carbocycles. The van der Waals surface area contributed by atoms with Crippen LogP contribution in [-0.4, -0.2) is 57.5 Å². The van der Waals surface area contributed by atoms with Gasteiger partial charge in [0.05, 0.1) is 13.2 Å². The van der Waals surface area contributed by atoms with E-state index in [0.29, 0.717) is 26.3 Å². The Hall–Kier alpha value is -0.810. The predicted molar refractivity (Wildman–Crippen MR) is 47.6 cm³/mol. The first kappa shape index (κ1) is 10.3. The highest BCUT2D eigenvalue weighted by Gasteiger charge is 2.24. The lowest BCUT2D eigenvalue weighted by Gasteiger charge is -2.20. The maximum absolute atomic E-state index is 11.1. The first-order valence-electron chi connectivity index (χ1n) is 4.36. The number of hydrogen-bond acceptors (Lipinski definition) is 4. The van der Waals surface area contributed by atoms with Gasteiger partial charge in [0.15, 0.2) is 0 Å². The number of rotatable bonds is 5. The molecule has 1 aliphatic heterocycles. The van der Waals surface area contributed by atoms with Gasteiger partial charge in [-0.05, 0) is 7.05 Å². The van der Waals surface area contributed by atoms with Crippen LogP contribution in [0.3, 0.4) is 0 Å². The maximum atomic E-state index is 11.1. The smallest absolute Gasteiger partial charge is 0.409 e. The number of methoxy groups -OCH3 is 1. The fourth-order valence-electron chi connectivity index (χ4n) is 1.29. The molecule has 1 N–H and O–H groups in total. The SMILES string of the molecule is CNC(COC)CN1CCOC1=O. The number of cyclic esters (lactones) is 1. The van der Waals surface area contributed by atoms with Crippen molar-refractivity contribution in [1.29, 1.82) is 0 Å². The zero-order valence-electron chi connectivity index (χ0n) is 8.08. The van der Waals surface area contributed by atoms with Gasteiger partial charge < -0.3 is 19.7 Å². The molecule has 1 unspecified atom stereocenters. The van der Waals surface area contributed by atoms with Crippen molar-refractivity contribution in [1.82, 2.24) is 10.2 Å². The summed E-state index contributed by atoms with van der Waals surface area (Å²) in [7, 11) is 3.50. The van der Waals surface area contributed by atoms with Crippen molar-refractivity contribution in [3.63, 3.8) is 0 Å². The van der Waals surface area contributed by atoms with Crippen LogP contribution in [0.15, 0.2) is 0 Å². The van der Waals surface area contributed by atoms with Gasteiger partial charge in [0.2, 0.25) is 0 Å². The van der Waals surface area contributed by atoms with E-state index in [-0.39, 0.29) is 12.1 Å². The molecule has 1 amide bonds. The molecule has 1 fully saturated rings. The summed E-state index contributed by atoms with van der Waals surface area (Å²) >= 11 is 0. The number of ether oxygens (including phenoxy) is 2. The van der Waals surface area contributed by atoms with E-state index >= 15 is 0 Å². The molecule has 0 aromatic rings. The van der Waals surface area contributed by atoms with E-state index in [1.807, 2.05) is 7.05 Å². The minimum atomic E-state index is -0.226. The van der Waals surface area contributed by atoms with Crippen LogP contribution in [0.2, 0.25) is 0 Å². The lowest BCUT2D eigenvalue weighted by atomic mass is 10.3. The maximum Gasteiger partial charge on any atom is 0.409 e. The van der Waals surface area contributed by atoms with Gasteiger partial charge in [-0.15, -0.1) is 0 Å². The second kappa shape index (κ2) is 5.04. The second-order valence-electron chi connectivity index (χ2n) is 3.00. The highest BCUT2D eigenvalue weighted by molar-refractivity contribution is 5.69. The van der Waals surface area contributed by atoms with Gasteiger partial charge in [-0.2, -0.15) is 0 Å². The van der Waals surface area contributed by atoms with Crippen molar-refractivity contribution in [3.8, 4) is 0 Å². The molecule has 0 radical (unpaired) electrons. The van der Waals surface area contributed by atoms with Crippen molar-refractivity contribution in [2.45, 2.75) is 6.04 Å². The van der Waals surface area contributed by atoms with Gasteiger partial charge in [0, 0.05) is 19.7 Å². The van der Waals surface area contributed by atoms with Gasteiger partial charge in [-0.3, -0.25) is 0 Å². The van der Waals surface area contributed by atoms with E-state index < -0.39 is 0 Å². The third-order valence-corrected chi connectivity index (χ3v) is 2.06. The van der Waals surface area contributed by atoms with Gasteiger partial charge in [0.1, 0.15) is 6.61 Å². The first-order valence-corrected chi connectivity index (χ1v) is 4.36. The van der Waals surface area contributed by atoms with Crippen molar-refractivity contribution in [2.75, 3.05) is 40.5 Å². The zero-order chi connectivity index (χ0) is 9.68. The number of nitrogens with one attached hydrogen (secondary N) is 1. The summed E-state index contributed by atoms with van der Waals surface area (Å²) in [5.74, 6) is 0. The van der Waals surface area contributed by atoms with Crippen LogP contribution in [0, 0.1) is 0 Å². The van der Waals surface area contributed by atoms with E-state index in [1.54, 1.807) is 12.0 Å². The van der Waals surface area contributed by atoms with Gasteiger partial charge in [-0.1, -0.05) is 0 Å². The van der Waals surface area contributed by atoms with Crippen LogP contribution < -0.4 is 5.32 Å². The first-order chi connectivity index (χ1) is 6.27. The standard InChI is InChI=1S/C8H16N2O3/c1-9-7(6-12-2)5-10-3-4-13-8(10)11/h7,9H,3-6H2,1-2H3. The van der Waals surface area contributed by atoms with E-state index in [1.165, 1.54) is 0 Å². The van der Waals surface area contributed by atoms with Crippen LogP contribution in [0.5, 0.6) is 0 Å². The Morgan fingerprint density at radius 3 is 3.00 bits per heavy atom. The Morgan fingerprint density at radius 2 is 2.54 bits per heavy atom. The monoisotopic (exact) mass is 188 g/mol. The topological polar surface area (TPSA) is 50.8 Å². The summed E-state index contributed by atoms with van der Waals surface area (Å²) in [6, 6.07) is 0.177. The molecule has 1 heterocycles. The van der Waals surface area contributed by atoms with E-state index in [9.17, 15) is 4.79 Å². The van der Waals surface area contributed by atoms with Gasteiger partial charge in [-0.25, -0.2) is 4.79 Å². The molecule has 1 rings (SSSR count). The summed E-state index contributed by atoms with van der Waals surface area (Å²) in [6.07, 6.45) is -0.226. The Balaban J connectivity index is 2.31. The molecule has 13 heavy (non-hydrogen) atoms. The summed E-state index contributed by atoms with van der Waals surface area (Å²) in [5.41, 5.74) is 0. The Morgan fingerprint density at radius 1 is 1.77 bits per heavy atom. The fourth-order valence-corrected chi connectivity index (χ4v) is 1.29. The average Bonchev–Trinajstić information content (AvgIpc) is 2.51. The number of carbonyl (C=O) groups is 1. The molecule has 0 aliphatic carbocycles. The number of likely N-dealkylation sites (N-methyl/N-ethyl adjacent to an activating group) is 1. The molecule has 1 saturated heterocycles. The third-order valence-electron chi connectivity index (χ3n) is 2.06. The lowest BCUT2D eigenvalue weighted by Crippen LogP contribution is -2.42. The number of amides is 1. The minimum Gasteiger partial charge on any atom is -0.448 e. The molecule has 5 nitrogen and oxygen atoms in total. The highest BCUT2D eigenvalue weighted by Crippen LogP contribution is 2.03. The molecule has 5 heteroatoms. The Labute approximate surface area is 78.0 Å². The fraction of sp³-hybridized carbons (Fsp3) is 0.875. The van der Waals surface area contributed by atoms with Crippen LogP contribution in [0.1, 0.15) is 0 Å². The minimum absolute atomic E-state index is 0.177. The van der Waals surface area contributed by atoms with E-state index in [2.05, 4.69) is 5.32 Å². The van der Waals surface area contributed by atoms with Crippen molar-refractivity contribution in [3.05, 3.63) is 0 Å². The summed E-state index contributed by atoms with van der Waals surface area (Å²) < 4.78 is 9.81. The van der Waals surface area contributed by atoms with Crippen LogP contribution in [0.4, 0.5) is 4.79 Å². The largest absolute Gasteiger partial charge is 0.448 e. The van der Waals surface area contributed by atoms with Crippen LogP contribution in [-0.2, 0) is 9.47 Å². The number of nitrogens with zero attached hydrogens (tertiary/aromatic N) is 1. The average molecular weight is 188 g/mol. The molecule has 0 spiro atoms. The van der Waals surface area contributed by atoms with Gasteiger partial charge >= 0.3 is 6.09 Å².